The van der Waals surface area contributed by atoms with Gasteiger partial charge in [0.2, 0.25) is 5.91 Å². The maximum absolute atomic E-state index is 12.7. The van der Waals surface area contributed by atoms with E-state index in [1.54, 1.807) is 24.3 Å². The topological polar surface area (TPSA) is 84.5 Å². The second-order valence-electron chi connectivity index (χ2n) is 7.18. The monoisotopic (exact) mass is 416 g/mol. The van der Waals surface area contributed by atoms with Crippen LogP contribution in [0.1, 0.15) is 34.0 Å². The van der Waals surface area contributed by atoms with E-state index in [0.29, 0.717) is 23.4 Å². The highest BCUT2D eigenvalue weighted by Crippen LogP contribution is 2.19. The molecule has 0 unspecified atom stereocenters. The molecule has 0 radical (unpaired) electrons. The third-order valence-corrected chi connectivity index (χ3v) is 4.55. The van der Waals surface area contributed by atoms with Crippen LogP contribution < -0.4 is 15.4 Å². The van der Waals surface area contributed by atoms with E-state index < -0.39 is 5.97 Å². The van der Waals surface area contributed by atoms with Gasteiger partial charge in [0.25, 0.3) is 5.91 Å². The number of para-hydroxylation sites is 1. The van der Waals surface area contributed by atoms with Crippen molar-refractivity contribution in [3.05, 3.63) is 95.1 Å². The third-order valence-electron chi connectivity index (χ3n) is 4.55. The van der Waals surface area contributed by atoms with E-state index in [1.807, 2.05) is 49.4 Å². The molecule has 3 rings (SSSR count). The second-order valence-corrected chi connectivity index (χ2v) is 7.18. The summed E-state index contributed by atoms with van der Waals surface area (Å²) >= 11 is 0. The van der Waals surface area contributed by atoms with Gasteiger partial charge in [0, 0.05) is 24.7 Å². The first-order chi connectivity index (χ1) is 14.9. The number of anilines is 1. The zero-order chi connectivity index (χ0) is 22.2. The first-order valence-corrected chi connectivity index (χ1v) is 9.90. The highest BCUT2D eigenvalue weighted by Gasteiger charge is 2.11. The third kappa shape index (κ3) is 6.54. The van der Waals surface area contributed by atoms with Crippen LogP contribution in [0.15, 0.2) is 72.8 Å². The summed E-state index contributed by atoms with van der Waals surface area (Å²) in [4.78, 5) is 36.1. The van der Waals surface area contributed by atoms with Crippen molar-refractivity contribution in [2.75, 3.05) is 5.32 Å². The number of nitrogens with one attached hydrogen (secondary N) is 2. The molecule has 0 aliphatic heterocycles. The standard InChI is InChI=1S/C25H24N2O4/c1-17-7-5-8-19(13-17)14-24(29)26-16-21-9-3-4-12-23(21)27-25(30)20-10-6-11-22(15-20)31-18(2)28/h3-13,15H,14,16H2,1-2H3,(H,26,29)(H,27,30). The summed E-state index contributed by atoms with van der Waals surface area (Å²) in [5.74, 6) is -0.588. The van der Waals surface area contributed by atoms with E-state index in [4.69, 9.17) is 4.74 Å². The molecular weight excluding hydrogens is 392 g/mol. The van der Waals surface area contributed by atoms with Gasteiger partial charge in [0.05, 0.1) is 6.42 Å². The predicted octanol–water partition coefficient (Wildman–Crippen LogP) is 4.03. The van der Waals surface area contributed by atoms with Crippen LogP contribution in [-0.4, -0.2) is 17.8 Å². The molecule has 2 N–H and O–H groups in total. The van der Waals surface area contributed by atoms with Crippen molar-refractivity contribution in [1.29, 1.82) is 0 Å². The van der Waals surface area contributed by atoms with Gasteiger partial charge < -0.3 is 15.4 Å². The van der Waals surface area contributed by atoms with Crippen molar-refractivity contribution in [2.24, 2.45) is 0 Å². The van der Waals surface area contributed by atoms with Crippen LogP contribution in [0.5, 0.6) is 5.75 Å². The van der Waals surface area contributed by atoms with E-state index in [2.05, 4.69) is 10.6 Å². The summed E-state index contributed by atoms with van der Waals surface area (Å²) in [6.07, 6.45) is 0.291. The number of ether oxygens (including phenoxy) is 1. The van der Waals surface area contributed by atoms with Gasteiger partial charge in [-0.3, -0.25) is 14.4 Å². The molecule has 0 heterocycles. The quantitative estimate of drug-likeness (QED) is 0.450. The molecule has 6 heteroatoms. The number of rotatable bonds is 7. The van der Waals surface area contributed by atoms with Crippen LogP contribution in [0, 0.1) is 6.92 Å². The first-order valence-electron chi connectivity index (χ1n) is 9.90. The summed E-state index contributed by atoms with van der Waals surface area (Å²) in [5.41, 5.74) is 3.80. The molecule has 6 nitrogen and oxygen atoms in total. The number of esters is 1. The van der Waals surface area contributed by atoms with Crippen molar-refractivity contribution in [1.82, 2.24) is 5.32 Å². The highest BCUT2D eigenvalue weighted by molar-refractivity contribution is 6.05. The first kappa shape index (κ1) is 21.8. The lowest BCUT2D eigenvalue weighted by atomic mass is 10.1. The molecule has 0 fully saturated rings. The maximum atomic E-state index is 12.7. The Morgan fingerprint density at radius 3 is 2.45 bits per heavy atom. The lowest BCUT2D eigenvalue weighted by molar-refractivity contribution is -0.131. The van der Waals surface area contributed by atoms with E-state index in [1.165, 1.54) is 13.0 Å². The average molecular weight is 416 g/mol. The van der Waals surface area contributed by atoms with Gasteiger partial charge in [-0.25, -0.2) is 0 Å². The second kappa shape index (κ2) is 10.2. The fourth-order valence-corrected chi connectivity index (χ4v) is 3.12. The molecule has 3 aromatic carbocycles. The number of hydrogen-bond donors (Lipinski definition) is 2. The van der Waals surface area contributed by atoms with Crippen LogP contribution in [0.3, 0.4) is 0 Å². The minimum atomic E-state index is -0.454. The van der Waals surface area contributed by atoms with E-state index in [0.717, 1.165) is 16.7 Å². The van der Waals surface area contributed by atoms with Gasteiger partial charge >= 0.3 is 5.97 Å². The molecule has 0 aliphatic rings. The molecule has 31 heavy (non-hydrogen) atoms. The number of hydrogen-bond acceptors (Lipinski definition) is 4. The Morgan fingerprint density at radius 1 is 0.903 bits per heavy atom. The lowest BCUT2D eigenvalue weighted by Crippen LogP contribution is -2.25. The molecular formula is C25H24N2O4. The number of carbonyl (C=O) groups is 3. The average Bonchev–Trinajstić information content (AvgIpc) is 2.73. The van der Waals surface area contributed by atoms with Crippen LogP contribution in [-0.2, 0) is 22.6 Å². The Bertz CT molecular complexity index is 1110. The van der Waals surface area contributed by atoms with Crippen LogP contribution in [0.2, 0.25) is 0 Å². The molecule has 0 saturated carbocycles. The fourth-order valence-electron chi connectivity index (χ4n) is 3.12. The van der Waals surface area contributed by atoms with Crippen molar-refractivity contribution in [3.63, 3.8) is 0 Å². The largest absolute Gasteiger partial charge is 0.427 e. The van der Waals surface area contributed by atoms with Crippen LogP contribution in [0.4, 0.5) is 5.69 Å². The van der Waals surface area contributed by atoms with E-state index in [-0.39, 0.29) is 18.4 Å². The zero-order valence-electron chi connectivity index (χ0n) is 17.5. The number of amides is 2. The zero-order valence-corrected chi connectivity index (χ0v) is 17.5. The van der Waals surface area contributed by atoms with Crippen molar-refractivity contribution >= 4 is 23.5 Å². The van der Waals surface area contributed by atoms with Gasteiger partial charge in [-0.15, -0.1) is 0 Å². The lowest BCUT2D eigenvalue weighted by Gasteiger charge is -2.13. The molecule has 0 saturated heterocycles. The molecule has 0 spiro atoms. The minimum Gasteiger partial charge on any atom is -0.427 e. The normalized spacial score (nSPS) is 10.3. The molecule has 0 aromatic heterocycles. The Balaban J connectivity index is 1.64. The summed E-state index contributed by atoms with van der Waals surface area (Å²) in [6, 6.07) is 21.5. The predicted molar refractivity (Wildman–Crippen MR) is 119 cm³/mol. The molecule has 0 bridgehead atoms. The number of aryl methyl sites for hydroxylation is 1. The Kier molecular flexibility index (Phi) is 7.17. The van der Waals surface area contributed by atoms with Gasteiger partial charge in [-0.1, -0.05) is 54.1 Å². The van der Waals surface area contributed by atoms with Crippen LogP contribution >= 0.6 is 0 Å². The Labute approximate surface area is 181 Å². The minimum absolute atomic E-state index is 0.0965. The summed E-state index contributed by atoms with van der Waals surface area (Å²) in [5, 5.41) is 5.76. The van der Waals surface area contributed by atoms with Gasteiger partial charge in [0.1, 0.15) is 5.75 Å². The summed E-state index contributed by atoms with van der Waals surface area (Å²) < 4.78 is 5.03. The fraction of sp³-hybridized carbons (Fsp3) is 0.160. The van der Waals surface area contributed by atoms with Crippen molar-refractivity contribution in [3.8, 4) is 5.75 Å². The Hall–Kier alpha value is -3.93. The van der Waals surface area contributed by atoms with Gasteiger partial charge in [-0.2, -0.15) is 0 Å². The molecule has 0 atom stereocenters. The molecule has 158 valence electrons. The van der Waals surface area contributed by atoms with Gasteiger partial charge in [0.15, 0.2) is 0 Å². The van der Waals surface area contributed by atoms with Crippen molar-refractivity contribution in [2.45, 2.75) is 26.8 Å². The van der Waals surface area contributed by atoms with Gasteiger partial charge in [-0.05, 0) is 42.3 Å². The maximum Gasteiger partial charge on any atom is 0.308 e. The highest BCUT2D eigenvalue weighted by atomic mass is 16.5. The molecule has 2 amide bonds. The summed E-state index contributed by atoms with van der Waals surface area (Å²) in [6.45, 7) is 3.58. The smallest absolute Gasteiger partial charge is 0.308 e. The number of benzene rings is 3. The Morgan fingerprint density at radius 2 is 1.68 bits per heavy atom. The SMILES string of the molecule is CC(=O)Oc1cccc(C(=O)Nc2ccccc2CNC(=O)Cc2cccc(C)c2)c1. The van der Waals surface area contributed by atoms with E-state index >= 15 is 0 Å². The van der Waals surface area contributed by atoms with Crippen LogP contribution in [0.25, 0.3) is 0 Å². The molecule has 3 aromatic rings. The number of carbonyl (C=O) groups excluding carboxylic acids is 3. The van der Waals surface area contributed by atoms with Crippen molar-refractivity contribution < 1.29 is 19.1 Å². The summed E-state index contributed by atoms with van der Waals surface area (Å²) in [7, 11) is 0. The van der Waals surface area contributed by atoms with E-state index in [9.17, 15) is 14.4 Å². The molecule has 0 aliphatic carbocycles.